The third-order valence-corrected chi connectivity index (χ3v) is 6.46. The van der Waals surface area contributed by atoms with Gasteiger partial charge in [0.15, 0.2) is 11.6 Å². The van der Waals surface area contributed by atoms with Crippen molar-refractivity contribution in [3.63, 3.8) is 0 Å². The van der Waals surface area contributed by atoms with E-state index in [0.29, 0.717) is 46.1 Å². The Morgan fingerprint density at radius 3 is 3.03 bits per heavy atom. The Bertz CT molecular complexity index is 1090. The number of anilines is 1. The molecule has 1 aliphatic rings. The fourth-order valence-corrected chi connectivity index (χ4v) is 4.84. The molecule has 3 aromatic rings. The second-order valence-electron chi connectivity index (χ2n) is 6.26. The number of hydrogen-bond donors (Lipinski definition) is 2. The number of nitrogens with zero attached hydrogens (tertiary/aromatic N) is 6. The van der Waals surface area contributed by atoms with Gasteiger partial charge in [0.2, 0.25) is 0 Å². The van der Waals surface area contributed by atoms with Crippen molar-refractivity contribution in [3.8, 4) is 11.4 Å². The maximum atomic E-state index is 12.7. The number of thiophene rings is 1. The number of amides is 1. The lowest BCUT2D eigenvalue weighted by molar-refractivity contribution is -0.122. The summed E-state index contributed by atoms with van der Waals surface area (Å²) in [6.45, 7) is 2.38. The number of aryl methyl sites for hydroxylation is 2. The van der Waals surface area contributed by atoms with Crippen molar-refractivity contribution in [1.29, 1.82) is 0 Å². The summed E-state index contributed by atoms with van der Waals surface area (Å²) in [6, 6.07) is 1.94. The average Bonchev–Trinajstić information content (AvgIpc) is 3.43. The van der Waals surface area contributed by atoms with Gasteiger partial charge in [-0.1, -0.05) is 29.2 Å². The molecule has 148 valence electrons. The first-order valence-corrected chi connectivity index (χ1v) is 10.8. The van der Waals surface area contributed by atoms with Crippen LogP contribution in [-0.4, -0.2) is 52.3 Å². The van der Waals surface area contributed by atoms with Crippen LogP contribution in [0.2, 0.25) is 0 Å². The van der Waals surface area contributed by atoms with E-state index in [9.17, 15) is 4.79 Å². The molecule has 3 aromatic heterocycles. The van der Waals surface area contributed by atoms with Crippen LogP contribution in [0.3, 0.4) is 0 Å². The Morgan fingerprint density at radius 2 is 2.28 bits per heavy atom. The van der Waals surface area contributed by atoms with Gasteiger partial charge in [-0.2, -0.15) is 5.21 Å². The van der Waals surface area contributed by atoms with Crippen molar-refractivity contribution in [2.45, 2.75) is 19.8 Å². The molecule has 0 atom stereocenters. The number of H-pyrrole nitrogens is 1. The summed E-state index contributed by atoms with van der Waals surface area (Å²) in [7, 11) is 0. The van der Waals surface area contributed by atoms with Crippen LogP contribution < -0.4 is 5.73 Å². The van der Waals surface area contributed by atoms with E-state index in [1.54, 1.807) is 11.1 Å². The van der Waals surface area contributed by atoms with Crippen LogP contribution in [0.15, 0.2) is 22.5 Å². The van der Waals surface area contributed by atoms with Crippen LogP contribution >= 0.6 is 35.3 Å². The molecule has 1 fully saturated rings. The van der Waals surface area contributed by atoms with Gasteiger partial charge in [0.25, 0.3) is 5.91 Å². The third kappa shape index (κ3) is 4.33. The quantitative estimate of drug-likeness (QED) is 0.435. The first kappa shape index (κ1) is 19.6. The van der Waals surface area contributed by atoms with Crippen LogP contribution in [0.1, 0.15) is 22.7 Å². The molecule has 1 saturated heterocycles. The molecule has 29 heavy (non-hydrogen) atoms. The third-order valence-electron chi connectivity index (χ3n) is 4.21. The van der Waals surface area contributed by atoms with Crippen LogP contribution in [0.4, 0.5) is 5.82 Å². The summed E-state index contributed by atoms with van der Waals surface area (Å²) in [5.41, 5.74) is 7.58. The van der Waals surface area contributed by atoms with Gasteiger partial charge < -0.3 is 5.73 Å². The van der Waals surface area contributed by atoms with Crippen molar-refractivity contribution in [3.05, 3.63) is 38.8 Å². The number of nitrogens with one attached hydrogen (secondary N) is 1. The van der Waals surface area contributed by atoms with E-state index in [1.165, 1.54) is 23.1 Å². The number of aromatic amines is 1. The molecular weight excluding hydrogens is 428 g/mol. The second-order valence-corrected chi connectivity index (χ2v) is 8.88. The predicted octanol–water partition coefficient (Wildman–Crippen LogP) is 2.44. The zero-order chi connectivity index (χ0) is 20.4. The lowest BCUT2D eigenvalue weighted by atomic mass is 10.2. The van der Waals surface area contributed by atoms with E-state index in [1.807, 2.05) is 24.4 Å². The monoisotopic (exact) mass is 444 g/mol. The summed E-state index contributed by atoms with van der Waals surface area (Å²) in [5.74, 6) is 1.57. The molecule has 9 nitrogen and oxygen atoms in total. The number of nitrogen functional groups attached to an aromatic ring is 1. The molecule has 4 rings (SSSR count). The molecular formula is C17H16N8OS3. The fourth-order valence-electron chi connectivity index (χ4n) is 2.65. The zero-order valence-corrected chi connectivity index (χ0v) is 17.8. The molecule has 0 bridgehead atoms. The Labute approximate surface area is 179 Å². The van der Waals surface area contributed by atoms with Gasteiger partial charge in [0, 0.05) is 40.5 Å². The van der Waals surface area contributed by atoms with Crippen molar-refractivity contribution in [2.75, 3.05) is 12.3 Å². The second kappa shape index (κ2) is 8.35. The van der Waals surface area contributed by atoms with Gasteiger partial charge in [-0.25, -0.2) is 9.97 Å². The van der Waals surface area contributed by atoms with Crippen LogP contribution in [0.25, 0.3) is 17.5 Å². The minimum atomic E-state index is -0.0844. The molecule has 3 N–H and O–H groups in total. The normalized spacial score (nSPS) is 15.6. The number of thioether (sulfide) groups is 1. The molecule has 1 aliphatic heterocycles. The van der Waals surface area contributed by atoms with Gasteiger partial charge in [-0.3, -0.25) is 9.69 Å². The largest absolute Gasteiger partial charge is 0.383 e. The summed E-state index contributed by atoms with van der Waals surface area (Å²) >= 11 is 8.20. The molecule has 0 aliphatic carbocycles. The van der Waals surface area contributed by atoms with E-state index in [0.717, 1.165) is 16.0 Å². The highest BCUT2D eigenvalue weighted by molar-refractivity contribution is 8.26. The maximum absolute atomic E-state index is 12.7. The molecule has 4 heterocycles. The topological polar surface area (TPSA) is 127 Å². The number of aromatic nitrogens is 6. The number of carbonyl (C=O) groups excluding carboxylic acids is 1. The van der Waals surface area contributed by atoms with E-state index in [4.69, 9.17) is 18.0 Å². The fraction of sp³-hybridized carbons (Fsp3) is 0.235. The Balaban J connectivity index is 1.44. The summed E-state index contributed by atoms with van der Waals surface area (Å²) in [5, 5.41) is 15.7. The molecule has 0 spiro atoms. The summed E-state index contributed by atoms with van der Waals surface area (Å²) in [6.07, 6.45) is 4.88. The highest BCUT2D eigenvalue weighted by Crippen LogP contribution is 2.34. The molecule has 0 aromatic carbocycles. The van der Waals surface area contributed by atoms with Gasteiger partial charge in [0.05, 0.1) is 4.91 Å². The number of carbonyl (C=O) groups is 1. The lowest BCUT2D eigenvalue weighted by Crippen LogP contribution is -2.29. The Hall–Kier alpha value is -2.70. The predicted molar refractivity (Wildman–Crippen MR) is 117 cm³/mol. The van der Waals surface area contributed by atoms with E-state index in [-0.39, 0.29) is 5.91 Å². The number of nitrogens with two attached hydrogens (primary N) is 1. The molecule has 12 heteroatoms. The standard InChI is InChI=1S/C17H16N8OS3/c1-9-7-19-15(20-14(9)18)10-5-11(28-8-10)6-12-16(26)25(17(27)29-12)4-2-3-13-21-23-24-22-13/h5-8H,2-4H2,1H3,(H2,18,19,20)(H,21,22,23,24). The first-order chi connectivity index (χ1) is 14.0. The van der Waals surface area contributed by atoms with Crippen molar-refractivity contribution >= 4 is 57.4 Å². The molecule has 1 amide bonds. The zero-order valence-electron chi connectivity index (χ0n) is 15.3. The number of thiocarbonyl (C=S) groups is 1. The summed E-state index contributed by atoms with van der Waals surface area (Å²) in [4.78, 5) is 24.5. The summed E-state index contributed by atoms with van der Waals surface area (Å²) < 4.78 is 0.556. The van der Waals surface area contributed by atoms with Crippen molar-refractivity contribution < 1.29 is 4.79 Å². The Kier molecular flexibility index (Phi) is 5.65. The highest BCUT2D eigenvalue weighted by Gasteiger charge is 2.31. The van der Waals surface area contributed by atoms with Crippen molar-refractivity contribution in [1.82, 2.24) is 35.5 Å². The van der Waals surface area contributed by atoms with Gasteiger partial charge in [-0.05, 0) is 25.5 Å². The van der Waals surface area contributed by atoms with E-state index in [2.05, 4.69) is 30.6 Å². The van der Waals surface area contributed by atoms with Crippen molar-refractivity contribution in [2.24, 2.45) is 0 Å². The lowest BCUT2D eigenvalue weighted by Gasteiger charge is -2.13. The minimum Gasteiger partial charge on any atom is -0.383 e. The molecule has 0 unspecified atom stereocenters. The number of rotatable bonds is 6. The minimum absolute atomic E-state index is 0.0844. The first-order valence-electron chi connectivity index (χ1n) is 8.67. The van der Waals surface area contributed by atoms with E-state index < -0.39 is 0 Å². The van der Waals surface area contributed by atoms with Crippen LogP contribution in [-0.2, 0) is 11.2 Å². The number of tetrazole rings is 1. The molecule has 0 radical (unpaired) electrons. The van der Waals surface area contributed by atoms with Gasteiger partial charge in [-0.15, -0.1) is 21.5 Å². The SMILES string of the molecule is Cc1cnc(-c2csc(C=C3SC(=S)N(CCCc4nn[nH]n4)C3=O)c2)nc1N. The van der Waals surface area contributed by atoms with Crippen LogP contribution in [0.5, 0.6) is 0 Å². The van der Waals surface area contributed by atoms with Crippen LogP contribution in [0, 0.1) is 6.92 Å². The highest BCUT2D eigenvalue weighted by atomic mass is 32.2. The smallest absolute Gasteiger partial charge is 0.266 e. The van der Waals surface area contributed by atoms with Gasteiger partial charge in [0.1, 0.15) is 10.1 Å². The Morgan fingerprint density at radius 1 is 1.41 bits per heavy atom. The molecule has 0 saturated carbocycles. The number of hydrogen-bond acceptors (Lipinski definition) is 10. The maximum Gasteiger partial charge on any atom is 0.266 e. The average molecular weight is 445 g/mol. The van der Waals surface area contributed by atoms with Gasteiger partial charge >= 0.3 is 0 Å². The van der Waals surface area contributed by atoms with E-state index >= 15 is 0 Å².